The number of fused-ring (bicyclic) bond motifs is 1. The van der Waals surface area contributed by atoms with E-state index in [9.17, 15) is 9.18 Å². The molecule has 4 rings (SSSR count). The van der Waals surface area contributed by atoms with E-state index in [2.05, 4.69) is 25.5 Å². The van der Waals surface area contributed by atoms with Crippen molar-refractivity contribution >= 4 is 5.65 Å². The Bertz CT molecular complexity index is 1020. The maximum atomic E-state index is 13.4. The van der Waals surface area contributed by atoms with E-state index in [1.165, 1.54) is 22.8 Å². The maximum absolute atomic E-state index is 13.4. The van der Waals surface area contributed by atoms with Crippen molar-refractivity contribution in [3.05, 3.63) is 58.9 Å². The van der Waals surface area contributed by atoms with Crippen LogP contribution in [0.25, 0.3) is 28.2 Å². The van der Waals surface area contributed by atoms with Crippen molar-refractivity contribution < 1.29 is 4.39 Å². The highest BCUT2D eigenvalue weighted by molar-refractivity contribution is 5.76. The van der Waals surface area contributed by atoms with E-state index in [1.807, 2.05) is 0 Å². The lowest BCUT2D eigenvalue weighted by atomic mass is 10.1. The summed E-state index contributed by atoms with van der Waals surface area (Å²) in [5.74, 6) is -0.360. The minimum absolute atomic E-state index is 0.155. The van der Waals surface area contributed by atoms with E-state index >= 15 is 0 Å². The highest BCUT2D eigenvalue weighted by Crippen LogP contribution is 2.23. The molecule has 0 aliphatic rings. The van der Waals surface area contributed by atoms with Gasteiger partial charge in [-0.25, -0.2) is 4.39 Å². The molecule has 0 aliphatic carbocycles. The molecule has 1 aromatic carbocycles. The SMILES string of the molecule is O=c1c(-c2ccn[nH]2)nnc2c(-c3cccc(F)c3)c[nH]n12. The third-order valence-corrected chi connectivity index (χ3v) is 3.33. The van der Waals surface area contributed by atoms with Crippen LogP contribution in [0, 0.1) is 5.82 Å². The predicted octanol–water partition coefficient (Wildman–Crippen LogP) is 1.61. The third kappa shape index (κ3) is 1.81. The van der Waals surface area contributed by atoms with E-state index in [-0.39, 0.29) is 17.1 Å². The molecule has 0 saturated carbocycles. The van der Waals surface area contributed by atoms with Crippen LogP contribution >= 0.6 is 0 Å². The topological polar surface area (TPSA) is 91.7 Å². The minimum Gasteiger partial charge on any atom is -0.296 e. The quantitative estimate of drug-likeness (QED) is 0.588. The molecule has 0 spiro atoms. The number of nitrogens with zero attached hydrogens (tertiary/aromatic N) is 4. The van der Waals surface area contributed by atoms with Crippen LogP contribution in [0.1, 0.15) is 0 Å². The summed E-state index contributed by atoms with van der Waals surface area (Å²) < 4.78 is 14.6. The van der Waals surface area contributed by atoms with Crippen molar-refractivity contribution in [2.75, 3.05) is 0 Å². The number of halogens is 1. The molecule has 0 atom stereocenters. The Morgan fingerprint density at radius 3 is 2.86 bits per heavy atom. The van der Waals surface area contributed by atoms with Crippen LogP contribution in [0.4, 0.5) is 4.39 Å². The Labute approximate surface area is 122 Å². The van der Waals surface area contributed by atoms with Crippen LogP contribution in [-0.4, -0.2) is 30.0 Å². The molecule has 0 saturated heterocycles. The molecule has 0 fully saturated rings. The van der Waals surface area contributed by atoms with Gasteiger partial charge in [0.2, 0.25) is 0 Å². The van der Waals surface area contributed by atoms with Gasteiger partial charge in [-0.05, 0) is 23.8 Å². The summed E-state index contributed by atoms with van der Waals surface area (Å²) in [4.78, 5) is 12.4. The number of aromatic nitrogens is 6. The van der Waals surface area contributed by atoms with E-state index in [0.717, 1.165) is 0 Å². The first-order valence-corrected chi connectivity index (χ1v) is 6.46. The van der Waals surface area contributed by atoms with Crippen molar-refractivity contribution in [1.82, 2.24) is 30.0 Å². The van der Waals surface area contributed by atoms with E-state index in [0.29, 0.717) is 22.5 Å². The van der Waals surface area contributed by atoms with Crippen LogP contribution in [0.5, 0.6) is 0 Å². The molecular formula is C14H9FN6O. The Kier molecular flexibility index (Phi) is 2.62. The van der Waals surface area contributed by atoms with Crippen LogP contribution in [0.3, 0.4) is 0 Å². The molecule has 2 N–H and O–H groups in total. The summed E-state index contributed by atoms with van der Waals surface area (Å²) in [6, 6.07) is 7.69. The van der Waals surface area contributed by atoms with Crippen LogP contribution in [0.2, 0.25) is 0 Å². The van der Waals surface area contributed by atoms with Gasteiger partial charge in [0.1, 0.15) is 5.82 Å². The standard InChI is InChI=1S/C14H9FN6O/c15-9-3-1-2-8(6-9)10-7-17-21-13(10)20-19-12(14(21)22)11-4-5-16-18-11/h1-7,17H,(H,16,18). The maximum Gasteiger partial charge on any atom is 0.301 e. The molecule has 0 unspecified atom stereocenters. The molecule has 3 aromatic heterocycles. The Morgan fingerprint density at radius 1 is 1.18 bits per heavy atom. The fraction of sp³-hybridized carbons (Fsp3) is 0. The molecule has 7 nitrogen and oxygen atoms in total. The van der Waals surface area contributed by atoms with Crippen molar-refractivity contribution in [3.63, 3.8) is 0 Å². The van der Waals surface area contributed by atoms with Gasteiger partial charge in [0.15, 0.2) is 11.3 Å². The van der Waals surface area contributed by atoms with Crippen LogP contribution in [0.15, 0.2) is 47.5 Å². The Balaban J connectivity index is 1.95. The van der Waals surface area contributed by atoms with Crippen LogP contribution in [-0.2, 0) is 0 Å². The molecule has 4 aromatic rings. The average Bonchev–Trinajstić information content (AvgIpc) is 3.17. The fourth-order valence-corrected chi connectivity index (χ4v) is 2.30. The normalized spacial score (nSPS) is 11.1. The molecule has 3 heterocycles. The minimum atomic E-state index is -0.364. The van der Waals surface area contributed by atoms with Crippen molar-refractivity contribution in [2.24, 2.45) is 0 Å². The van der Waals surface area contributed by atoms with Gasteiger partial charge < -0.3 is 0 Å². The zero-order valence-electron chi connectivity index (χ0n) is 11.1. The molecule has 8 heteroatoms. The molecule has 22 heavy (non-hydrogen) atoms. The van der Waals surface area contributed by atoms with Crippen molar-refractivity contribution in [2.45, 2.75) is 0 Å². The molecule has 0 aliphatic heterocycles. The molecular weight excluding hydrogens is 287 g/mol. The number of benzene rings is 1. The van der Waals surface area contributed by atoms with Crippen molar-refractivity contribution in [3.8, 4) is 22.5 Å². The molecule has 0 bridgehead atoms. The van der Waals surface area contributed by atoms with Gasteiger partial charge in [0.25, 0.3) is 0 Å². The lowest BCUT2D eigenvalue weighted by Crippen LogP contribution is -2.19. The largest absolute Gasteiger partial charge is 0.301 e. The monoisotopic (exact) mass is 296 g/mol. The highest BCUT2D eigenvalue weighted by Gasteiger charge is 2.15. The molecule has 108 valence electrons. The van der Waals surface area contributed by atoms with Gasteiger partial charge in [-0.3, -0.25) is 15.0 Å². The Hall–Kier alpha value is -3.29. The van der Waals surface area contributed by atoms with Gasteiger partial charge in [-0.2, -0.15) is 9.61 Å². The lowest BCUT2D eigenvalue weighted by Gasteiger charge is -2.00. The number of H-pyrrole nitrogens is 2. The van der Waals surface area contributed by atoms with E-state index in [1.54, 1.807) is 24.4 Å². The summed E-state index contributed by atoms with van der Waals surface area (Å²) >= 11 is 0. The van der Waals surface area contributed by atoms with Gasteiger partial charge in [-0.1, -0.05) is 12.1 Å². The number of aromatic amines is 2. The zero-order valence-corrected chi connectivity index (χ0v) is 11.1. The highest BCUT2D eigenvalue weighted by atomic mass is 19.1. The number of rotatable bonds is 2. The molecule has 0 amide bonds. The average molecular weight is 296 g/mol. The first kappa shape index (κ1) is 12.5. The van der Waals surface area contributed by atoms with Crippen molar-refractivity contribution in [1.29, 1.82) is 0 Å². The fourth-order valence-electron chi connectivity index (χ4n) is 2.30. The number of hydrogen-bond acceptors (Lipinski definition) is 4. The molecule has 0 radical (unpaired) electrons. The van der Waals surface area contributed by atoms with E-state index in [4.69, 9.17) is 0 Å². The lowest BCUT2D eigenvalue weighted by molar-refractivity contribution is 0.628. The van der Waals surface area contributed by atoms with Crippen LogP contribution < -0.4 is 5.56 Å². The third-order valence-electron chi connectivity index (χ3n) is 3.33. The van der Waals surface area contributed by atoms with E-state index < -0.39 is 0 Å². The van der Waals surface area contributed by atoms with Gasteiger partial charge >= 0.3 is 5.56 Å². The first-order valence-electron chi connectivity index (χ1n) is 6.46. The summed E-state index contributed by atoms with van der Waals surface area (Å²) in [6.45, 7) is 0. The summed E-state index contributed by atoms with van der Waals surface area (Å²) in [5, 5.41) is 17.3. The summed E-state index contributed by atoms with van der Waals surface area (Å²) in [6.07, 6.45) is 3.12. The number of hydrogen-bond donors (Lipinski definition) is 2. The predicted molar refractivity (Wildman–Crippen MR) is 76.6 cm³/mol. The summed E-state index contributed by atoms with van der Waals surface area (Å²) in [5.41, 5.74) is 1.81. The smallest absolute Gasteiger partial charge is 0.296 e. The Morgan fingerprint density at radius 2 is 2.09 bits per heavy atom. The first-order chi connectivity index (χ1) is 10.7. The zero-order chi connectivity index (χ0) is 15.1. The second kappa shape index (κ2) is 4.62. The van der Waals surface area contributed by atoms with Gasteiger partial charge in [-0.15, -0.1) is 10.2 Å². The second-order valence-electron chi connectivity index (χ2n) is 4.68. The van der Waals surface area contributed by atoms with Gasteiger partial charge in [0, 0.05) is 18.0 Å². The van der Waals surface area contributed by atoms with Gasteiger partial charge in [0.05, 0.1) is 5.69 Å². The number of nitrogens with one attached hydrogen (secondary N) is 2. The second-order valence-corrected chi connectivity index (χ2v) is 4.68. The summed E-state index contributed by atoms with van der Waals surface area (Å²) in [7, 11) is 0.